The van der Waals surface area contributed by atoms with Crippen LogP contribution in [0.1, 0.15) is 45.4 Å². The number of nitrogens with zero attached hydrogens (tertiary/aromatic N) is 1. The lowest BCUT2D eigenvalue weighted by Gasteiger charge is -2.28. The summed E-state index contributed by atoms with van der Waals surface area (Å²) in [7, 11) is 0. The maximum absolute atomic E-state index is 12.1. The van der Waals surface area contributed by atoms with Crippen LogP contribution in [0.5, 0.6) is 0 Å². The van der Waals surface area contributed by atoms with Crippen LogP contribution in [0.3, 0.4) is 0 Å². The van der Waals surface area contributed by atoms with Crippen molar-refractivity contribution in [2.75, 3.05) is 6.54 Å². The second-order valence-electron chi connectivity index (χ2n) is 5.16. The van der Waals surface area contributed by atoms with Gasteiger partial charge in [0.2, 0.25) is 0 Å². The summed E-state index contributed by atoms with van der Waals surface area (Å²) in [5.41, 5.74) is 0. The van der Waals surface area contributed by atoms with Gasteiger partial charge in [-0.05, 0) is 26.2 Å². The zero-order valence-electron chi connectivity index (χ0n) is 11.7. The van der Waals surface area contributed by atoms with E-state index in [1.54, 1.807) is 4.90 Å². The molecule has 0 aliphatic carbocycles. The molecule has 0 aromatic heterocycles. The van der Waals surface area contributed by atoms with Gasteiger partial charge in [0.1, 0.15) is 6.04 Å². The number of carboxylic acid groups (broad SMARTS) is 2. The summed E-state index contributed by atoms with van der Waals surface area (Å²) in [6.45, 7) is 2.55. The molecule has 2 unspecified atom stereocenters. The molecule has 0 radical (unpaired) electrons. The first-order valence-corrected chi connectivity index (χ1v) is 6.93. The first kappa shape index (κ1) is 16.3. The van der Waals surface area contributed by atoms with E-state index in [-0.39, 0.29) is 18.9 Å². The Morgan fingerprint density at radius 1 is 1.25 bits per heavy atom. The fourth-order valence-corrected chi connectivity index (χ4v) is 2.33. The fourth-order valence-electron chi connectivity index (χ4n) is 2.33. The van der Waals surface area contributed by atoms with Gasteiger partial charge < -0.3 is 20.4 Å². The Kier molecular flexibility index (Phi) is 6.27. The van der Waals surface area contributed by atoms with Gasteiger partial charge in [0, 0.05) is 19.0 Å². The molecule has 1 saturated heterocycles. The monoisotopic (exact) mass is 286 g/mol. The molecule has 7 heteroatoms. The maximum atomic E-state index is 12.1. The lowest BCUT2D eigenvalue weighted by Crippen LogP contribution is -2.50. The molecule has 3 N–H and O–H groups in total. The fraction of sp³-hybridized carbons (Fsp3) is 0.769. The number of aliphatic carboxylic acids is 2. The highest BCUT2D eigenvalue weighted by atomic mass is 16.4. The second kappa shape index (κ2) is 7.72. The molecular formula is C13H22N2O5. The quantitative estimate of drug-likeness (QED) is 0.705. The molecule has 1 fully saturated rings. The van der Waals surface area contributed by atoms with Crippen molar-refractivity contribution in [2.24, 2.45) is 0 Å². The maximum Gasteiger partial charge on any atom is 0.326 e. The predicted octanol–water partition coefficient (Wildman–Crippen LogP) is 1.28. The van der Waals surface area contributed by atoms with Crippen LogP contribution in [-0.4, -0.2) is 51.7 Å². The highest BCUT2D eigenvalue weighted by Crippen LogP contribution is 2.16. The van der Waals surface area contributed by atoms with E-state index in [0.717, 1.165) is 25.7 Å². The third-order valence-corrected chi connectivity index (χ3v) is 3.56. The number of hydrogen-bond acceptors (Lipinski definition) is 3. The van der Waals surface area contributed by atoms with Gasteiger partial charge in [-0.3, -0.25) is 4.79 Å². The molecule has 0 aromatic rings. The minimum atomic E-state index is -1.21. The standard InChI is InChI=1S/C13H22N2O5/c1-9-5-3-2-4-8-15(9)13(20)14-10(12(18)19)6-7-11(16)17/h9-10H,2-8H2,1H3,(H,14,20)(H,16,17)(H,18,19). The van der Waals surface area contributed by atoms with E-state index < -0.39 is 24.0 Å². The van der Waals surface area contributed by atoms with Gasteiger partial charge in [0.15, 0.2) is 0 Å². The number of amides is 2. The van der Waals surface area contributed by atoms with Crippen LogP contribution in [0.2, 0.25) is 0 Å². The number of rotatable bonds is 5. The van der Waals surface area contributed by atoms with Crippen LogP contribution in [0.4, 0.5) is 4.79 Å². The van der Waals surface area contributed by atoms with Gasteiger partial charge in [0.05, 0.1) is 0 Å². The smallest absolute Gasteiger partial charge is 0.326 e. The molecule has 2 atom stereocenters. The van der Waals surface area contributed by atoms with Crippen LogP contribution in [0.15, 0.2) is 0 Å². The van der Waals surface area contributed by atoms with E-state index in [1.807, 2.05) is 6.92 Å². The topological polar surface area (TPSA) is 107 Å². The molecule has 0 aromatic carbocycles. The highest BCUT2D eigenvalue weighted by Gasteiger charge is 2.27. The molecule has 0 spiro atoms. The minimum absolute atomic E-state index is 0.0754. The van der Waals surface area contributed by atoms with Crippen molar-refractivity contribution in [2.45, 2.75) is 57.5 Å². The highest BCUT2D eigenvalue weighted by molar-refractivity contribution is 5.83. The van der Waals surface area contributed by atoms with E-state index in [4.69, 9.17) is 10.2 Å². The van der Waals surface area contributed by atoms with E-state index in [2.05, 4.69) is 5.32 Å². The average molecular weight is 286 g/mol. The third-order valence-electron chi connectivity index (χ3n) is 3.56. The predicted molar refractivity (Wildman–Crippen MR) is 71.5 cm³/mol. The average Bonchev–Trinajstić information content (AvgIpc) is 2.58. The van der Waals surface area contributed by atoms with E-state index in [0.29, 0.717) is 6.54 Å². The molecule has 2 amide bonds. The molecule has 1 heterocycles. The number of carbonyl (C=O) groups excluding carboxylic acids is 1. The number of likely N-dealkylation sites (tertiary alicyclic amines) is 1. The Morgan fingerprint density at radius 2 is 1.95 bits per heavy atom. The summed E-state index contributed by atoms with van der Waals surface area (Å²) in [5.74, 6) is -2.28. The normalized spacial score (nSPS) is 20.9. The summed E-state index contributed by atoms with van der Waals surface area (Å²) >= 11 is 0. The molecule has 0 bridgehead atoms. The molecule has 1 rings (SSSR count). The zero-order chi connectivity index (χ0) is 15.1. The van der Waals surface area contributed by atoms with Crippen LogP contribution in [0.25, 0.3) is 0 Å². The van der Waals surface area contributed by atoms with Gasteiger partial charge in [-0.1, -0.05) is 12.8 Å². The SMILES string of the molecule is CC1CCCCCN1C(=O)NC(CCC(=O)O)C(=O)O. The molecule has 20 heavy (non-hydrogen) atoms. The van der Waals surface area contributed by atoms with Crippen molar-refractivity contribution in [3.63, 3.8) is 0 Å². The molecule has 114 valence electrons. The van der Waals surface area contributed by atoms with Crippen LogP contribution >= 0.6 is 0 Å². The second-order valence-corrected chi connectivity index (χ2v) is 5.16. The Balaban J connectivity index is 2.59. The first-order chi connectivity index (χ1) is 9.41. The Labute approximate surface area is 117 Å². The molecule has 1 aliphatic rings. The zero-order valence-corrected chi connectivity index (χ0v) is 11.7. The largest absolute Gasteiger partial charge is 0.481 e. The lowest BCUT2D eigenvalue weighted by atomic mass is 10.1. The van der Waals surface area contributed by atoms with Crippen molar-refractivity contribution in [1.82, 2.24) is 10.2 Å². The van der Waals surface area contributed by atoms with E-state index >= 15 is 0 Å². The molecule has 0 saturated carbocycles. The number of nitrogens with one attached hydrogen (secondary N) is 1. The Hall–Kier alpha value is -1.79. The van der Waals surface area contributed by atoms with Crippen LogP contribution in [-0.2, 0) is 9.59 Å². The summed E-state index contributed by atoms with van der Waals surface area (Å²) in [5, 5.41) is 20.0. The van der Waals surface area contributed by atoms with Gasteiger partial charge in [-0.15, -0.1) is 0 Å². The summed E-state index contributed by atoms with van der Waals surface area (Å²) in [6.07, 6.45) is 3.54. The number of hydrogen-bond donors (Lipinski definition) is 3. The van der Waals surface area contributed by atoms with Crippen molar-refractivity contribution in [3.8, 4) is 0 Å². The minimum Gasteiger partial charge on any atom is -0.481 e. The number of carboxylic acids is 2. The molecule has 7 nitrogen and oxygen atoms in total. The van der Waals surface area contributed by atoms with Crippen molar-refractivity contribution in [3.05, 3.63) is 0 Å². The molecule has 1 aliphatic heterocycles. The van der Waals surface area contributed by atoms with E-state index in [9.17, 15) is 14.4 Å². The van der Waals surface area contributed by atoms with Gasteiger partial charge in [0.25, 0.3) is 0 Å². The lowest BCUT2D eigenvalue weighted by molar-refractivity contribution is -0.140. The van der Waals surface area contributed by atoms with Crippen molar-refractivity contribution < 1.29 is 24.6 Å². The summed E-state index contributed by atoms with van der Waals surface area (Å²) in [4.78, 5) is 35.3. The van der Waals surface area contributed by atoms with Gasteiger partial charge in [-0.2, -0.15) is 0 Å². The van der Waals surface area contributed by atoms with Crippen molar-refractivity contribution >= 4 is 18.0 Å². The third kappa shape index (κ3) is 5.07. The van der Waals surface area contributed by atoms with E-state index in [1.165, 1.54) is 0 Å². The Morgan fingerprint density at radius 3 is 2.55 bits per heavy atom. The summed E-state index contributed by atoms with van der Waals surface area (Å²) in [6, 6.07) is -1.50. The first-order valence-electron chi connectivity index (χ1n) is 6.93. The van der Waals surface area contributed by atoms with Crippen molar-refractivity contribution in [1.29, 1.82) is 0 Å². The van der Waals surface area contributed by atoms with Crippen LogP contribution in [0, 0.1) is 0 Å². The number of carbonyl (C=O) groups is 3. The van der Waals surface area contributed by atoms with Gasteiger partial charge in [-0.25, -0.2) is 9.59 Å². The Bertz CT molecular complexity index is 372. The van der Waals surface area contributed by atoms with Gasteiger partial charge >= 0.3 is 18.0 Å². The van der Waals surface area contributed by atoms with Crippen LogP contribution < -0.4 is 5.32 Å². The number of urea groups is 1. The summed E-state index contributed by atoms with van der Waals surface area (Å²) < 4.78 is 0. The molecular weight excluding hydrogens is 264 g/mol.